The molecular formula is C13H15NO2. The molecule has 2 rings (SSSR count). The van der Waals surface area contributed by atoms with Crippen LogP contribution in [0.3, 0.4) is 0 Å². The van der Waals surface area contributed by atoms with Crippen molar-refractivity contribution < 1.29 is 9.53 Å². The van der Waals surface area contributed by atoms with Crippen LogP contribution < -0.4 is 0 Å². The number of hydrogen-bond donors (Lipinski definition) is 0. The predicted molar refractivity (Wildman–Crippen MR) is 63.0 cm³/mol. The van der Waals surface area contributed by atoms with E-state index in [4.69, 9.17) is 4.74 Å². The fourth-order valence-corrected chi connectivity index (χ4v) is 1.68. The van der Waals surface area contributed by atoms with Gasteiger partial charge in [0.25, 0.3) is 0 Å². The highest BCUT2D eigenvalue weighted by molar-refractivity contribution is 5.89. The van der Waals surface area contributed by atoms with Crippen LogP contribution in [0.2, 0.25) is 0 Å². The molecule has 0 atom stereocenters. The molecule has 1 aromatic rings. The van der Waals surface area contributed by atoms with Crippen molar-refractivity contribution in [3.63, 3.8) is 0 Å². The molecule has 0 N–H and O–H groups in total. The number of rotatable bonds is 3. The molecule has 0 saturated heterocycles. The molecule has 1 aromatic heterocycles. The van der Waals surface area contributed by atoms with Crippen molar-refractivity contribution in [1.82, 2.24) is 4.57 Å². The van der Waals surface area contributed by atoms with Crippen LogP contribution in [0, 0.1) is 0 Å². The monoisotopic (exact) mass is 217 g/mol. The molecule has 0 fully saturated rings. The van der Waals surface area contributed by atoms with Crippen LogP contribution in [0.5, 0.6) is 0 Å². The van der Waals surface area contributed by atoms with Crippen molar-refractivity contribution in [2.45, 2.75) is 19.8 Å². The van der Waals surface area contributed by atoms with Crippen LogP contribution >= 0.6 is 0 Å². The van der Waals surface area contributed by atoms with Gasteiger partial charge >= 0.3 is 5.97 Å². The summed E-state index contributed by atoms with van der Waals surface area (Å²) < 4.78 is 6.89. The molecule has 0 spiro atoms. The second kappa shape index (κ2) is 4.84. The molecule has 0 saturated carbocycles. The van der Waals surface area contributed by atoms with Gasteiger partial charge in [0.2, 0.25) is 0 Å². The van der Waals surface area contributed by atoms with Crippen LogP contribution in [0.1, 0.15) is 30.1 Å². The number of nitrogens with zero attached hydrogens (tertiary/aromatic N) is 1. The summed E-state index contributed by atoms with van der Waals surface area (Å²) in [6.45, 7) is 2.22. The molecule has 1 aliphatic rings. The summed E-state index contributed by atoms with van der Waals surface area (Å²) in [6, 6.07) is 1.78. The third-order valence-electron chi connectivity index (χ3n) is 2.48. The maximum Gasteiger partial charge on any atom is 0.339 e. The van der Waals surface area contributed by atoms with Gasteiger partial charge in [-0.1, -0.05) is 12.2 Å². The van der Waals surface area contributed by atoms with Crippen molar-refractivity contribution in [3.05, 3.63) is 42.3 Å². The highest BCUT2D eigenvalue weighted by atomic mass is 16.5. The topological polar surface area (TPSA) is 31.2 Å². The third-order valence-corrected chi connectivity index (χ3v) is 2.48. The van der Waals surface area contributed by atoms with Crippen molar-refractivity contribution in [2.24, 2.45) is 0 Å². The Balaban J connectivity index is 2.16. The summed E-state index contributed by atoms with van der Waals surface area (Å²) >= 11 is 0. The Kier molecular flexibility index (Phi) is 3.25. The zero-order chi connectivity index (χ0) is 11.4. The molecule has 3 nitrogen and oxygen atoms in total. The SMILES string of the molecule is CCOC(=O)c1ccn(C2=CCCC=C2)c1. The van der Waals surface area contributed by atoms with E-state index in [-0.39, 0.29) is 5.97 Å². The van der Waals surface area contributed by atoms with Gasteiger partial charge in [-0.2, -0.15) is 0 Å². The Bertz CT molecular complexity index is 441. The zero-order valence-electron chi connectivity index (χ0n) is 9.35. The Hall–Kier alpha value is -1.77. The average molecular weight is 217 g/mol. The highest BCUT2D eigenvalue weighted by Gasteiger charge is 2.09. The largest absolute Gasteiger partial charge is 0.462 e. The number of ether oxygens (including phenoxy) is 1. The molecule has 1 heterocycles. The Morgan fingerprint density at radius 1 is 1.50 bits per heavy atom. The Morgan fingerprint density at radius 3 is 3.06 bits per heavy atom. The summed E-state index contributed by atoms with van der Waals surface area (Å²) in [4.78, 5) is 11.5. The van der Waals surface area contributed by atoms with Crippen LogP contribution in [0.15, 0.2) is 36.7 Å². The Morgan fingerprint density at radius 2 is 2.38 bits per heavy atom. The van der Waals surface area contributed by atoms with E-state index in [2.05, 4.69) is 18.2 Å². The summed E-state index contributed by atoms with van der Waals surface area (Å²) in [5.41, 5.74) is 1.71. The number of allylic oxidation sites excluding steroid dienone is 4. The summed E-state index contributed by atoms with van der Waals surface area (Å²) in [7, 11) is 0. The minimum atomic E-state index is -0.262. The van der Waals surface area contributed by atoms with Crippen LogP contribution in [-0.4, -0.2) is 17.1 Å². The van der Waals surface area contributed by atoms with Gasteiger partial charge in [0, 0.05) is 18.1 Å². The molecule has 0 aliphatic heterocycles. The number of esters is 1. The molecular weight excluding hydrogens is 202 g/mol. The first-order valence-corrected chi connectivity index (χ1v) is 5.53. The molecule has 3 heteroatoms. The van der Waals surface area contributed by atoms with Crippen molar-refractivity contribution >= 4 is 11.7 Å². The molecule has 0 bridgehead atoms. The minimum absolute atomic E-state index is 0.262. The van der Waals surface area contributed by atoms with Gasteiger partial charge in [0.1, 0.15) is 0 Å². The lowest BCUT2D eigenvalue weighted by molar-refractivity contribution is 0.0526. The number of aromatic nitrogens is 1. The van der Waals surface area contributed by atoms with Crippen molar-refractivity contribution in [1.29, 1.82) is 0 Å². The quantitative estimate of drug-likeness (QED) is 0.729. The van der Waals surface area contributed by atoms with E-state index >= 15 is 0 Å². The molecule has 0 aromatic carbocycles. The van der Waals surface area contributed by atoms with Gasteiger partial charge < -0.3 is 9.30 Å². The van der Waals surface area contributed by atoms with E-state index in [1.165, 1.54) is 0 Å². The molecule has 0 unspecified atom stereocenters. The van der Waals surface area contributed by atoms with Crippen LogP contribution in [0.4, 0.5) is 0 Å². The van der Waals surface area contributed by atoms with E-state index < -0.39 is 0 Å². The van der Waals surface area contributed by atoms with Crippen LogP contribution in [-0.2, 0) is 4.74 Å². The van der Waals surface area contributed by atoms with E-state index in [1.54, 1.807) is 19.2 Å². The van der Waals surface area contributed by atoms with Gasteiger partial charge in [-0.05, 0) is 31.9 Å². The fourth-order valence-electron chi connectivity index (χ4n) is 1.68. The molecule has 0 amide bonds. The van der Waals surface area contributed by atoms with Gasteiger partial charge in [-0.25, -0.2) is 4.79 Å². The first-order chi connectivity index (χ1) is 7.81. The van der Waals surface area contributed by atoms with E-state index in [0.717, 1.165) is 18.5 Å². The predicted octanol–water partition coefficient (Wildman–Crippen LogP) is 2.86. The maximum atomic E-state index is 11.5. The molecule has 84 valence electrons. The lowest BCUT2D eigenvalue weighted by Crippen LogP contribution is -2.03. The van der Waals surface area contributed by atoms with Crippen molar-refractivity contribution in [3.8, 4) is 0 Å². The second-order valence-electron chi connectivity index (χ2n) is 3.64. The lowest BCUT2D eigenvalue weighted by Gasteiger charge is -2.07. The molecule has 16 heavy (non-hydrogen) atoms. The standard InChI is InChI=1S/C13H15NO2/c1-2-16-13(15)11-8-9-14(10-11)12-6-4-3-5-7-12/h4,6-10H,2-3,5H2,1H3. The number of carbonyl (C=O) groups is 1. The van der Waals surface area contributed by atoms with Gasteiger partial charge in [0.05, 0.1) is 12.2 Å². The average Bonchev–Trinajstić information content (AvgIpc) is 2.80. The summed E-state index contributed by atoms with van der Waals surface area (Å²) in [5, 5.41) is 0. The van der Waals surface area contributed by atoms with E-state index in [0.29, 0.717) is 12.2 Å². The van der Waals surface area contributed by atoms with E-state index in [9.17, 15) is 4.79 Å². The van der Waals surface area contributed by atoms with Gasteiger partial charge in [-0.15, -0.1) is 0 Å². The van der Waals surface area contributed by atoms with E-state index in [1.807, 2.05) is 10.8 Å². The fraction of sp³-hybridized carbons (Fsp3) is 0.308. The highest BCUT2D eigenvalue weighted by Crippen LogP contribution is 2.16. The summed E-state index contributed by atoms with van der Waals surface area (Å²) in [5.74, 6) is -0.262. The third kappa shape index (κ3) is 2.24. The smallest absolute Gasteiger partial charge is 0.339 e. The van der Waals surface area contributed by atoms with Crippen molar-refractivity contribution in [2.75, 3.05) is 6.61 Å². The number of carbonyl (C=O) groups excluding carboxylic acids is 1. The van der Waals surface area contributed by atoms with Gasteiger partial charge in [0.15, 0.2) is 0 Å². The maximum absolute atomic E-state index is 11.5. The molecule has 1 aliphatic carbocycles. The van der Waals surface area contributed by atoms with Crippen LogP contribution in [0.25, 0.3) is 5.70 Å². The normalized spacial score (nSPS) is 14.7. The zero-order valence-corrected chi connectivity index (χ0v) is 9.35. The number of hydrogen-bond acceptors (Lipinski definition) is 2. The van der Waals surface area contributed by atoms with Gasteiger partial charge in [-0.3, -0.25) is 0 Å². The first-order valence-electron chi connectivity index (χ1n) is 5.53. The lowest BCUT2D eigenvalue weighted by atomic mass is 10.1. The molecule has 0 radical (unpaired) electrons. The second-order valence-corrected chi connectivity index (χ2v) is 3.64. The Labute approximate surface area is 95.0 Å². The first kappa shape index (κ1) is 10.7. The minimum Gasteiger partial charge on any atom is -0.462 e. The summed E-state index contributed by atoms with van der Waals surface area (Å²) in [6.07, 6.45) is 12.2.